The number of halogens is 1. The summed E-state index contributed by atoms with van der Waals surface area (Å²) in [7, 11) is 0. The van der Waals surface area contributed by atoms with E-state index in [9.17, 15) is 14.9 Å². The van der Waals surface area contributed by atoms with Gasteiger partial charge < -0.3 is 4.84 Å². The van der Waals surface area contributed by atoms with Crippen molar-refractivity contribution in [3.8, 4) is 0 Å². The van der Waals surface area contributed by atoms with Crippen molar-refractivity contribution in [2.24, 2.45) is 5.16 Å². The maximum Gasteiger partial charge on any atom is 0.365 e. The van der Waals surface area contributed by atoms with E-state index < -0.39 is 10.9 Å². The van der Waals surface area contributed by atoms with Crippen molar-refractivity contribution < 1.29 is 14.6 Å². The number of hydrogen-bond donors (Lipinski definition) is 0. The second-order valence-corrected chi connectivity index (χ2v) is 6.28. The summed E-state index contributed by atoms with van der Waals surface area (Å²) in [4.78, 5) is 31.7. The molecule has 0 bridgehead atoms. The molecule has 0 saturated carbocycles. The summed E-state index contributed by atoms with van der Waals surface area (Å²) in [6.45, 7) is 0. The molecule has 0 aliphatic rings. The van der Waals surface area contributed by atoms with Crippen LogP contribution in [0.2, 0.25) is 0 Å². The number of nitrogens with zero attached hydrogens (tertiary/aromatic N) is 3. The summed E-state index contributed by atoms with van der Waals surface area (Å²) in [6.07, 6.45) is 3.15. The molecule has 0 saturated heterocycles. The number of carbonyl (C=O) groups excluding carboxylic acids is 1. The number of nitro benzene ring substituents is 1. The quantitative estimate of drug-likeness (QED) is 0.262. The van der Waals surface area contributed by atoms with Crippen LogP contribution in [-0.2, 0) is 4.84 Å². The van der Waals surface area contributed by atoms with Crippen molar-refractivity contribution in [3.63, 3.8) is 0 Å². The zero-order valence-electron chi connectivity index (χ0n) is 13.8. The van der Waals surface area contributed by atoms with Crippen LogP contribution in [0.25, 0.3) is 0 Å². The molecule has 0 fully saturated rings. The lowest BCUT2D eigenvalue weighted by atomic mass is 10.0. The SMILES string of the molecule is O=C(ON=C(c1ccncc1)c1ccc([N+](=O)[O-])cc1)c1cccc(Br)c1. The zero-order chi connectivity index (χ0) is 19.2. The van der Waals surface area contributed by atoms with Gasteiger partial charge in [-0.2, -0.15) is 0 Å². The van der Waals surface area contributed by atoms with Crippen LogP contribution in [-0.4, -0.2) is 21.6 Å². The number of aromatic nitrogens is 1. The van der Waals surface area contributed by atoms with Crippen LogP contribution in [0.1, 0.15) is 21.5 Å². The highest BCUT2D eigenvalue weighted by atomic mass is 79.9. The Morgan fingerprint density at radius 3 is 2.30 bits per heavy atom. The van der Waals surface area contributed by atoms with E-state index in [-0.39, 0.29) is 5.69 Å². The Labute approximate surface area is 162 Å². The van der Waals surface area contributed by atoms with Crippen LogP contribution < -0.4 is 0 Å². The number of nitro groups is 1. The van der Waals surface area contributed by atoms with Crippen LogP contribution in [0.15, 0.2) is 82.7 Å². The molecule has 0 aliphatic carbocycles. The molecule has 0 unspecified atom stereocenters. The van der Waals surface area contributed by atoms with Gasteiger partial charge in [-0.15, -0.1) is 0 Å². The molecule has 1 aromatic heterocycles. The van der Waals surface area contributed by atoms with Gasteiger partial charge in [0.25, 0.3) is 5.69 Å². The molecular formula is C19H12BrN3O4. The number of non-ortho nitro benzene ring substituents is 1. The average Bonchev–Trinajstić information content (AvgIpc) is 2.69. The van der Waals surface area contributed by atoms with E-state index in [0.29, 0.717) is 22.4 Å². The highest BCUT2D eigenvalue weighted by Gasteiger charge is 2.13. The van der Waals surface area contributed by atoms with Gasteiger partial charge in [0.2, 0.25) is 0 Å². The minimum Gasteiger partial charge on any atom is -0.312 e. The molecular weight excluding hydrogens is 414 g/mol. The van der Waals surface area contributed by atoms with Crippen molar-refractivity contribution >= 4 is 33.3 Å². The second kappa shape index (κ2) is 8.33. The van der Waals surface area contributed by atoms with Crippen molar-refractivity contribution in [1.29, 1.82) is 0 Å². The molecule has 134 valence electrons. The van der Waals surface area contributed by atoms with E-state index >= 15 is 0 Å². The van der Waals surface area contributed by atoms with Gasteiger partial charge >= 0.3 is 5.97 Å². The Balaban J connectivity index is 1.93. The first-order valence-corrected chi connectivity index (χ1v) is 8.54. The molecule has 3 aromatic rings. The molecule has 7 nitrogen and oxygen atoms in total. The Morgan fingerprint density at radius 1 is 1.00 bits per heavy atom. The standard InChI is InChI=1S/C19H12BrN3O4/c20-16-3-1-2-15(12-16)19(24)27-22-18(14-8-10-21-11-9-14)13-4-6-17(7-5-13)23(25)26/h1-12H. The molecule has 0 radical (unpaired) electrons. The van der Waals surface area contributed by atoms with Gasteiger partial charge in [-0.3, -0.25) is 15.1 Å². The van der Waals surface area contributed by atoms with E-state index in [0.717, 1.165) is 4.47 Å². The molecule has 2 aromatic carbocycles. The lowest BCUT2D eigenvalue weighted by Crippen LogP contribution is -2.08. The van der Waals surface area contributed by atoms with Crippen molar-refractivity contribution in [2.45, 2.75) is 0 Å². The average molecular weight is 426 g/mol. The smallest absolute Gasteiger partial charge is 0.312 e. The van der Waals surface area contributed by atoms with Gasteiger partial charge in [0.15, 0.2) is 0 Å². The molecule has 3 rings (SSSR count). The number of benzene rings is 2. The Morgan fingerprint density at radius 2 is 1.67 bits per heavy atom. The fourth-order valence-electron chi connectivity index (χ4n) is 2.28. The van der Waals surface area contributed by atoms with Crippen LogP contribution in [0.5, 0.6) is 0 Å². The Kier molecular flexibility index (Phi) is 5.68. The molecule has 0 amide bonds. The van der Waals surface area contributed by atoms with Crippen LogP contribution >= 0.6 is 15.9 Å². The highest BCUT2D eigenvalue weighted by molar-refractivity contribution is 9.10. The third-order valence-electron chi connectivity index (χ3n) is 3.59. The minimum absolute atomic E-state index is 0.0426. The Bertz CT molecular complexity index is 1000. The predicted octanol–water partition coefficient (Wildman–Crippen LogP) is 4.36. The van der Waals surface area contributed by atoms with E-state index in [1.54, 1.807) is 60.9 Å². The summed E-state index contributed by atoms with van der Waals surface area (Å²) in [5.74, 6) is -0.621. The number of pyridine rings is 1. The van der Waals surface area contributed by atoms with Gasteiger partial charge in [0.1, 0.15) is 5.71 Å². The lowest BCUT2D eigenvalue weighted by molar-refractivity contribution is -0.384. The number of rotatable bonds is 5. The first-order valence-electron chi connectivity index (χ1n) is 7.75. The fourth-order valence-corrected chi connectivity index (χ4v) is 2.68. The van der Waals surface area contributed by atoms with Crippen LogP contribution in [0.4, 0.5) is 5.69 Å². The summed E-state index contributed by atoms with van der Waals surface area (Å²) in [5.41, 5.74) is 1.87. The summed E-state index contributed by atoms with van der Waals surface area (Å²) < 4.78 is 0.741. The maximum absolute atomic E-state index is 12.3. The molecule has 27 heavy (non-hydrogen) atoms. The van der Waals surface area contributed by atoms with Crippen molar-refractivity contribution in [2.75, 3.05) is 0 Å². The number of hydrogen-bond acceptors (Lipinski definition) is 6. The fraction of sp³-hybridized carbons (Fsp3) is 0. The summed E-state index contributed by atoms with van der Waals surface area (Å²) in [5, 5.41) is 14.8. The molecule has 0 atom stereocenters. The minimum atomic E-state index is -0.621. The maximum atomic E-state index is 12.3. The largest absolute Gasteiger partial charge is 0.365 e. The van der Waals surface area contributed by atoms with E-state index in [1.165, 1.54) is 12.1 Å². The van der Waals surface area contributed by atoms with Crippen molar-refractivity contribution in [1.82, 2.24) is 4.98 Å². The highest BCUT2D eigenvalue weighted by Crippen LogP contribution is 2.17. The Hall–Kier alpha value is -3.39. The van der Waals surface area contributed by atoms with E-state index in [4.69, 9.17) is 4.84 Å². The predicted molar refractivity (Wildman–Crippen MR) is 103 cm³/mol. The van der Waals surface area contributed by atoms with Gasteiger partial charge in [0.05, 0.1) is 10.5 Å². The topological polar surface area (TPSA) is 94.7 Å². The molecule has 0 spiro atoms. The van der Waals surface area contributed by atoms with E-state index in [1.807, 2.05) is 0 Å². The van der Waals surface area contributed by atoms with Crippen LogP contribution in [0, 0.1) is 10.1 Å². The molecule has 8 heteroatoms. The molecule has 0 aliphatic heterocycles. The van der Waals surface area contributed by atoms with Gasteiger partial charge in [-0.05, 0) is 42.5 Å². The zero-order valence-corrected chi connectivity index (χ0v) is 15.4. The van der Waals surface area contributed by atoms with Gasteiger partial charge in [-0.25, -0.2) is 4.79 Å². The first-order chi connectivity index (χ1) is 13.0. The molecule has 0 N–H and O–H groups in total. The number of oxime groups is 1. The summed E-state index contributed by atoms with van der Waals surface area (Å²) in [6, 6.07) is 16.0. The lowest BCUT2D eigenvalue weighted by Gasteiger charge is -2.07. The number of carbonyl (C=O) groups is 1. The third kappa shape index (κ3) is 4.62. The normalized spacial score (nSPS) is 11.1. The summed E-state index contributed by atoms with van der Waals surface area (Å²) >= 11 is 3.30. The van der Waals surface area contributed by atoms with E-state index in [2.05, 4.69) is 26.1 Å². The first kappa shape index (κ1) is 18.4. The van der Waals surface area contributed by atoms with Gasteiger partial charge in [-0.1, -0.05) is 27.2 Å². The van der Waals surface area contributed by atoms with Crippen molar-refractivity contribution in [3.05, 3.63) is 104 Å². The third-order valence-corrected chi connectivity index (χ3v) is 4.08. The molecule has 1 heterocycles. The van der Waals surface area contributed by atoms with Crippen LogP contribution in [0.3, 0.4) is 0 Å². The second-order valence-electron chi connectivity index (χ2n) is 5.37. The monoisotopic (exact) mass is 425 g/mol. The van der Waals surface area contributed by atoms with Gasteiger partial charge in [0, 0.05) is 40.1 Å².